The summed E-state index contributed by atoms with van der Waals surface area (Å²) >= 11 is 0. The second kappa shape index (κ2) is 14.6. The molecule has 0 bridgehead atoms. The molecular weight excluding hydrogens is 494 g/mol. The smallest absolute Gasteiger partial charge is 0.408 e. The first kappa shape index (κ1) is 31.7. The van der Waals surface area contributed by atoms with Crippen LogP contribution >= 0.6 is 0 Å². The Labute approximate surface area is 233 Å². The van der Waals surface area contributed by atoms with Crippen molar-refractivity contribution in [2.75, 3.05) is 6.54 Å². The summed E-state index contributed by atoms with van der Waals surface area (Å²) in [5.41, 5.74) is 1.67. The molecule has 3 amide bonds. The van der Waals surface area contributed by atoms with Crippen LogP contribution in [0.1, 0.15) is 83.5 Å². The lowest BCUT2D eigenvalue weighted by molar-refractivity contribution is -0.142. The summed E-state index contributed by atoms with van der Waals surface area (Å²) in [5.74, 6) is -0.545. The van der Waals surface area contributed by atoms with Gasteiger partial charge >= 0.3 is 6.09 Å². The summed E-state index contributed by atoms with van der Waals surface area (Å²) in [7, 11) is 0. The summed E-state index contributed by atoms with van der Waals surface area (Å²) in [6, 6.07) is 12.1. The first-order valence-corrected chi connectivity index (χ1v) is 13.8. The maximum atomic E-state index is 14.2. The number of aryl methyl sites for hydroxylation is 1. The minimum absolute atomic E-state index is 0.0546. The molecule has 39 heavy (non-hydrogen) atoms. The highest BCUT2D eigenvalue weighted by molar-refractivity contribution is 5.92. The number of nitrogens with one attached hydrogen (secondary N) is 2. The Morgan fingerprint density at radius 3 is 2.23 bits per heavy atom. The van der Waals surface area contributed by atoms with Crippen LogP contribution in [0.2, 0.25) is 0 Å². The lowest BCUT2D eigenvalue weighted by Gasteiger charge is -2.35. The summed E-state index contributed by atoms with van der Waals surface area (Å²) < 4.78 is 5.46. The van der Waals surface area contributed by atoms with Crippen molar-refractivity contribution in [2.45, 2.75) is 97.9 Å². The highest BCUT2D eigenvalue weighted by Crippen LogP contribution is 2.25. The zero-order chi connectivity index (χ0) is 29.2. The van der Waals surface area contributed by atoms with E-state index in [4.69, 9.17) is 4.74 Å². The number of benzene rings is 2. The van der Waals surface area contributed by atoms with Gasteiger partial charge in [-0.1, -0.05) is 62.2 Å². The van der Waals surface area contributed by atoms with Gasteiger partial charge in [-0.05, 0) is 70.7 Å². The van der Waals surface area contributed by atoms with Gasteiger partial charge in [0.2, 0.25) is 11.8 Å². The normalized spacial score (nSPS) is 13.6. The molecule has 214 valence electrons. The Morgan fingerprint density at radius 1 is 1.00 bits per heavy atom. The molecule has 2 rings (SSSR count). The van der Waals surface area contributed by atoms with Gasteiger partial charge in [-0.3, -0.25) is 9.59 Å². The van der Waals surface area contributed by atoms with Crippen LogP contribution in [0.5, 0.6) is 5.75 Å². The van der Waals surface area contributed by atoms with Crippen molar-refractivity contribution in [3.05, 3.63) is 65.2 Å². The molecule has 0 spiro atoms. The van der Waals surface area contributed by atoms with Gasteiger partial charge in [0.25, 0.3) is 0 Å². The lowest BCUT2D eigenvalue weighted by atomic mass is 9.98. The largest absolute Gasteiger partial charge is 0.508 e. The van der Waals surface area contributed by atoms with E-state index in [2.05, 4.69) is 17.6 Å². The van der Waals surface area contributed by atoms with Crippen molar-refractivity contribution in [3.8, 4) is 5.75 Å². The monoisotopic (exact) mass is 539 g/mol. The van der Waals surface area contributed by atoms with E-state index in [-0.39, 0.29) is 30.0 Å². The van der Waals surface area contributed by atoms with E-state index in [1.54, 1.807) is 37.8 Å². The van der Waals surface area contributed by atoms with Crippen molar-refractivity contribution in [3.63, 3.8) is 0 Å². The van der Waals surface area contributed by atoms with E-state index < -0.39 is 23.8 Å². The third-order valence-electron chi connectivity index (χ3n) is 6.14. The fourth-order valence-corrected chi connectivity index (χ4v) is 4.47. The van der Waals surface area contributed by atoms with Gasteiger partial charge in [0.05, 0.1) is 0 Å². The molecule has 0 fully saturated rings. The molecule has 0 saturated carbocycles. The van der Waals surface area contributed by atoms with Crippen molar-refractivity contribution in [1.82, 2.24) is 15.5 Å². The molecule has 3 unspecified atom stereocenters. The predicted octanol–water partition coefficient (Wildman–Crippen LogP) is 5.42. The highest BCUT2D eigenvalue weighted by atomic mass is 16.6. The first-order chi connectivity index (χ1) is 18.3. The molecule has 0 aliphatic rings. The SMILES string of the molecule is CCCC(C)NC(=O)C(c1cccc(C)c1)N(CCC)C(=O)C(Cc1ccc(O)cc1)NC(=O)OC(C)(C)C. The Morgan fingerprint density at radius 2 is 1.67 bits per heavy atom. The average molecular weight is 540 g/mol. The zero-order valence-electron chi connectivity index (χ0n) is 24.4. The van der Waals surface area contributed by atoms with Gasteiger partial charge < -0.3 is 25.4 Å². The van der Waals surface area contributed by atoms with E-state index in [9.17, 15) is 19.5 Å². The highest BCUT2D eigenvalue weighted by Gasteiger charge is 2.36. The Hall–Kier alpha value is -3.55. The average Bonchev–Trinajstić information content (AvgIpc) is 2.83. The maximum absolute atomic E-state index is 14.2. The van der Waals surface area contributed by atoms with E-state index in [0.29, 0.717) is 18.5 Å². The molecule has 0 aliphatic heterocycles. The predicted molar refractivity (Wildman–Crippen MR) is 153 cm³/mol. The van der Waals surface area contributed by atoms with E-state index in [1.807, 2.05) is 45.0 Å². The Balaban J connectivity index is 2.52. The zero-order valence-corrected chi connectivity index (χ0v) is 24.4. The molecule has 8 nitrogen and oxygen atoms in total. The van der Waals surface area contributed by atoms with Crippen LogP contribution in [-0.4, -0.2) is 52.1 Å². The Bertz CT molecular complexity index is 1090. The third kappa shape index (κ3) is 10.3. The van der Waals surface area contributed by atoms with Crippen molar-refractivity contribution < 1.29 is 24.2 Å². The van der Waals surface area contributed by atoms with Crippen LogP contribution < -0.4 is 10.6 Å². The lowest BCUT2D eigenvalue weighted by Crippen LogP contribution is -2.54. The second-order valence-corrected chi connectivity index (χ2v) is 11.1. The molecule has 3 N–H and O–H groups in total. The van der Waals surface area contributed by atoms with Crippen LogP contribution in [0, 0.1) is 6.92 Å². The summed E-state index contributed by atoms with van der Waals surface area (Å²) in [4.78, 5) is 42.4. The number of nitrogens with zero attached hydrogens (tertiary/aromatic N) is 1. The van der Waals surface area contributed by atoms with Crippen LogP contribution in [0.4, 0.5) is 4.79 Å². The number of phenolic OH excluding ortho intramolecular Hbond substituents is 1. The number of rotatable bonds is 12. The van der Waals surface area contributed by atoms with Crippen LogP contribution in [0.3, 0.4) is 0 Å². The van der Waals surface area contributed by atoms with Gasteiger partial charge in [0.15, 0.2) is 0 Å². The van der Waals surface area contributed by atoms with Gasteiger partial charge in [0.1, 0.15) is 23.4 Å². The van der Waals surface area contributed by atoms with Crippen LogP contribution in [0.15, 0.2) is 48.5 Å². The molecule has 0 aliphatic carbocycles. The Kier molecular flexibility index (Phi) is 11.8. The number of carbonyl (C=O) groups excluding carboxylic acids is 3. The fourth-order valence-electron chi connectivity index (χ4n) is 4.47. The number of alkyl carbamates (subject to hydrolysis) is 1. The molecule has 8 heteroatoms. The quantitative estimate of drug-likeness (QED) is 0.334. The minimum atomic E-state index is -0.996. The van der Waals surface area contributed by atoms with Gasteiger partial charge in [-0.2, -0.15) is 0 Å². The van der Waals surface area contributed by atoms with Gasteiger partial charge in [-0.25, -0.2) is 4.79 Å². The minimum Gasteiger partial charge on any atom is -0.508 e. The number of hydrogen-bond donors (Lipinski definition) is 3. The molecule has 0 saturated heterocycles. The molecular formula is C31H45N3O5. The van der Waals surface area contributed by atoms with Crippen molar-refractivity contribution in [2.24, 2.45) is 0 Å². The molecule has 0 radical (unpaired) electrons. The maximum Gasteiger partial charge on any atom is 0.408 e. The van der Waals surface area contributed by atoms with Crippen LogP contribution in [0.25, 0.3) is 0 Å². The molecule has 0 aromatic heterocycles. The van der Waals surface area contributed by atoms with Gasteiger partial charge in [0, 0.05) is 19.0 Å². The standard InChI is InChI=1S/C31H45N3O5/c1-8-11-22(4)32-28(36)27(24-13-10-12-21(3)19-24)34(18-9-2)29(37)26(33-30(38)39-31(5,6)7)20-23-14-16-25(35)17-15-23/h10,12-17,19,22,26-27,35H,8-9,11,18,20H2,1-7H3,(H,32,36)(H,33,38). The number of aromatic hydroxyl groups is 1. The van der Waals surface area contributed by atoms with Gasteiger partial charge in [-0.15, -0.1) is 0 Å². The number of amides is 3. The van der Waals surface area contributed by atoms with Crippen molar-refractivity contribution in [1.29, 1.82) is 0 Å². The number of carbonyl (C=O) groups is 3. The van der Waals surface area contributed by atoms with Crippen molar-refractivity contribution >= 4 is 17.9 Å². The number of ether oxygens (including phenoxy) is 1. The summed E-state index contributed by atoms with van der Waals surface area (Å²) in [6.45, 7) is 13.5. The summed E-state index contributed by atoms with van der Waals surface area (Å²) in [6.07, 6.45) is 1.79. The molecule has 2 aromatic rings. The summed E-state index contributed by atoms with van der Waals surface area (Å²) in [5, 5.41) is 15.5. The second-order valence-electron chi connectivity index (χ2n) is 11.1. The topological polar surface area (TPSA) is 108 Å². The first-order valence-electron chi connectivity index (χ1n) is 13.8. The molecule has 0 heterocycles. The third-order valence-corrected chi connectivity index (χ3v) is 6.14. The van der Waals surface area contributed by atoms with Crippen LogP contribution in [-0.2, 0) is 20.7 Å². The fraction of sp³-hybridized carbons (Fsp3) is 0.516. The number of phenols is 1. The molecule has 2 aromatic carbocycles. The van der Waals surface area contributed by atoms with E-state index in [0.717, 1.165) is 24.0 Å². The van der Waals surface area contributed by atoms with E-state index in [1.165, 1.54) is 12.1 Å². The van der Waals surface area contributed by atoms with E-state index >= 15 is 0 Å². The number of hydrogen-bond acceptors (Lipinski definition) is 5. The molecule has 3 atom stereocenters.